The third-order valence-corrected chi connectivity index (χ3v) is 5.20. The zero-order valence-corrected chi connectivity index (χ0v) is 16.3. The van der Waals surface area contributed by atoms with E-state index in [1.165, 1.54) is 11.1 Å². The van der Waals surface area contributed by atoms with Crippen molar-refractivity contribution in [3.05, 3.63) is 78.1 Å². The van der Waals surface area contributed by atoms with Gasteiger partial charge in [-0.15, -0.1) is 0 Å². The second kappa shape index (κ2) is 7.85. The van der Waals surface area contributed by atoms with Crippen molar-refractivity contribution in [2.75, 3.05) is 18.1 Å². The summed E-state index contributed by atoms with van der Waals surface area (Å²) in [4.78, 5) is 18.6. The molecule has 0 N–H and O–H groups in total. The molecule has 0 radical (unpaired) electrons. The Bertz CT molecular complexity index is 966. The van der Waals surface area contributed by atoms with Gasteiger partial charge < -0.3 is 9.64 Å². The lowest BCUT2D eigenvalue weighted by atomic mass is 10.0. The molecule has 0 saturated heterocycles. The highest BCUT2D eigenvalue weighted by Crippen LogP contribution is 2.32. The summed E-state index contributed by atoms with van der Waals surface area (Å²) in [7, 11) is 0. The van der Waals surface area contributed by atoms with Crippen LogP contribution in [-0.4, -0.2) is 24.0 Å². The first-order valence-electron chi connectivity index (χ1n) is 9.68. The predicted octanol–water partition coefficient (Wildman–Crippen LogP) is 4.84. The van der Waals surface area contributed by atoms with Gasteiger partial charge in [-0.2, -0.15) is 0 Å². The SMILES string of the molecule is CC(C)c1ccc(OCC(=O)N2CCc3cc(-c4ccncc4)ccc32)cc1. The number of benzene rings is 2. The number of nitrogens with zero attached hydrogens (tertiary/aromatic N) is 2. The molecule has 1 amide bonds. The fourth-order valence-electron chi connectivity index (χ4n) is 3.56. The van der Waals surface area contributed by atoms with Crippen LogP contribution in [0.1, 0.15) is 30.9 Å². The molecule has 0 unspecified atom stereocenters. The van der Waals surface area contributed by atoms with Gasteiger partial charge in [-0.3, -0.25) is 9.78 Å². The maximum atomic E-state index is 12.7. The van der Waals surface area contributed by atoms with Crippen LogP contribution in [0.4, 0.5) is 5.69 Å². The number of anilines is 1. The van der Waals surface area contributed by atoms with Crippen LogP contribution in [0, 0.1) is 0 Å². The number of hydrogen-bond donors (Lipinski definition) is 0. The number of amides is 1. The molecule has 0 saturated carbocycles. The van der Waals surface area contributed by atoms with Crippen molar-refractivity contribution in [1.82, 2.24) is 4.98 Å². The van der Waals surface area contributed by atoms with Gasteiger partial charge in [0.25, 0.3) is 5.91 Å². The van der Waals surface area contributed by atoms with Crippen LogP contribution in [0.2, 0.25) is 0 Å². The van der Waals surface area contributed by atoms with Gasteiger partial charge >= 0.3 is 0 Å². The third kappa shape index (κ3) is 3.77. The molecule has 0 fully saturated rings. The molecule has 1 aliphatic heterocycles. The number of carbonyl (C=O) groups is 1. The second-order valence-electron chi connectivity index (χ2n) is 7.39. The zero-order chi connectivity index (χ0) is 19.5. The molecule has 4 heteroatoms. The minimum absolute atomic E-state index is 0.0108. The van der Waals surface area contributed by atoms with E-state index in [0.29, 0.717) is 12.5 Å². The van der Waals surface area contributed by atoms with Crippen molar-refractivity contribution in [2.45, 2.75) is 26.2 Å². The summed E-state index contributed by atoms with van der Waals surface area (Å²) >= 11 is 0. The quantitative estimate of drug-likeness (QED) is 0.644. The average molecular weight is 372 g/mol. The number of ether oxygens (including phenoxy) is 1. The highest BCUT2D eigenvalue weighted by atomic mass is 16.5. The summed E-state index contributed by atoms with van der Waals surface area (Å²) in [6, 6.07) is 18.2. The normalized spacial score (nSPS) is 12.9. The molecule has 142 valence electrons. The first kappa shape index (κ1) is 18.2. The van der Waals surface area contributed by atoms with E-state index < -0.39 is 0 Å². The number of carbonyl (C=O) groups excluding carboxylic acids is 1. The Morgan fingerprint density at radius 1 is 1.04 bits per heavy atom. The zero-order valence-electron chi connectivity index (χ0n) is 16.3. The number of pyridine rings is 1. The summed E-state index contributed by atoms with van der Waals surface area (Å²) < 4.78 is 5.72. The molecule has 0 aliphatic carbocycles. The van der Waals surface area contributed by atoms with Crippen LogP contribution in [0.5, 0.6) is 5.75 Å². The standard InChI is InChI=1S/C24H24N2O2/c1-17(2)18-3-6-22(7-4-18)28-16-24(27)26-14-11-21-15-20(5-8-23(21)26)19-9-12-25-13-10-19/h3-10,12-13,15,17H,11,14,16H2,1-2H3. The van der Waals surface area contributed by atoms with Crippen molar-refractivity contribution >= 4 is 11.6 Å². The fourth-order valence-corrected chi connectivity index (χ4v) is 3.56. The van der Waals surface area contributed by atoms with E-state index in [2.05, 4.69) is 43.1 Å². The third-order valence-electron chi connectivity index (χ3n) is 5.20. The van der Waals surface area contributed by atoms with E-state index >= 15 is 0 Å². The number of fused-ring (bicyclic) bond motifs is 1. The largest absolute Gasteiger partial charge is 0.484 e. The minimum atomic E-state index is -0.0108. The van der Waals surface area contributed by atoms with Crippen molar-refractivity contribution in [3.8, 4) is 16.9 Å². The molecular formula is C24H24N2O2. The predicted molar refractivity (Wildman–Crippen MR) is 112 cm³/mol. The maximum absolute atomic E-state index is 12.7. The molecule has 1 aliphatic rings. The van der Waals surface area contributed by atoms with Gasteiger partial charge in [-0.05, 0) is 71.0 Å². The van der Waals surface area contributed by atoms with Crippen LogP contribution in [0.15, 0.2) is 67.0 Å². The number of aromatic nitrogens is 1. The van der Waals surface area contributed by atoms with Gasteiger partial charge in [0, 0.05) is 24.6 Å². The van der Waals surface area contributed by atoms with E-state index in [9.17, 15) is 4.79 Å². The van der Waals surface area contributed by atoms with Gasteiger partial charge in [-0.1, -0.05) is 32.0 Å². The van der Waals surface area contributed by atoms with Gasteiger partial charge in [0.2, 0.25) is 0 Å². The molecule has 0 spiro atoms. The molecule has 28 heavy (non-hydrogen) atoms. The Morgan fingerprint density at radius 2 is 1.79 bits per heavy atom. The van der Waals surface area contributed by atoms with E-state index in [-0.39, 0.29) is 12.5 Å². The molecule has 2 heterocycles. The average Bonchev–Trinajstić information content (AvgIpc) is 3.16. The molecule has 2 aromatic carbocycles. The summed E-state index contributed by atoms with van der Waals surface area (Å²) in [5.41, 5.74) is 5.73. The maximum Gasteiger partial charge on any atom is 0.264 e. The molecular weight excluding hydrogens is 348 g/mol. The van der Waals surface area contributed by atoms with Crippen molar-refractivity contribution in [2.24, 2.45) is 0 Å². The first-order chi connectivity index (χ1) is 13.6. The minimum Gasteiger partial charge on any atom is -0.484 e. The van der Waals surface area contributed by atoms with Crippen molar-refractivity contribution in [1.29, 1.82) is 0 Å². The molecule has 1 aromatic heterocycles. The van der Waals surface area contributed by atoms with Crippen molar-refractivity contribution in [3.63, 3.8) is 0 Å². The highest BCUT2D eigenvalue weighted by molar-refractivity contribution is 5.96. The second-order valence-corrected chi connectivity index (χ2v) is 7.39. The number of rotatable bonds is 5. The van der Waals surface area contributed by atoms with Crippen molar-refractivity contribution < 1.29 is 9.53 Å². The van der Waals surface area contributed by atoms with Crippen LogP contribution in [0.3, 0.4) is 0 Å². The Kier molecular flexibility index (Phi) is 5.11. The first-order valence-corrected chi connectivity index (χ1v) is 9.68. The molecule has 3 aromatic rings. The van der Waals surface area contributed by atoms with Gasteiger partial charge in [0.1, 0.15) is 5.75 Å². The lowest BCUT2D eigenvalue weighted by molar-refractivity contribution is -0.120. The fraction of sp³-hybridized carbons (Fsp3) is 0.250. The van der Waals surface area contributed by atoms with Gasteiger partial charge in [0.15, 0.2) is 6.61 Å². The lowest BCUT2D eigenvalue weighted by Crippen LogP contribution is -2.33. The topological polar surface area (TPSA) is 42.4 Å². The van der Waals surface area contributed by atoms with Crippen LogP contribution < -0.4 is 9.64 Å². The summed E-state index contributed by atoms with van der Waals surface area (Å²) in [6.45, 7) is 5.06. The lowest BCUT2D eigenvalue weighted by Gasteiger charge is -2.18. The summed E-state index contributed by atoms with van der Waals surface area (Å²) in [6.07, 6.45) is 4.45. The number of hydrogen-bond acceptors (Lipinski definition) is 3. The van der Waals surface area contributed by atoms with Crippen LogP contribution >= 0.6 is 0 Å². The smallest absolute Gasteiger partial charge is 0.264 e. The van der Waals surface area contributed by atoms with Crippen LogP contribution in [0.25, 0.3) is 11.1 Å². The summed E-state index contributed by atoms with van der Waals surface area (Å²) in [5, 5.41) is 0. The van der Waals surface area contributed by atoms with Gasteiger partial charge in [0.05, 0.1) is 0 Å². The van der Waals surface area contributed by atoms with E-state index in [1.54, 1.807) is 12.4 Å². The molecule has 0 atom stereocenters. The van der Waals surface area contributed by atoms with Crippen LogP contribution in [-0.2, 0) is 11.2 Å². The monoisotopic (exact) mass is 372 g/mol. The molecule has 4 nitrogen and oxygen atoms in total. The molecule has 4 rings (SSSR count). The Labute approximate surface area is 165 Å². The Morgan fingerprint density at radius 3 is 2.50 bits per heavy atom. The Balaban J connectivity index is 1.43. The Hall–Kier alpha value is -3.14. The van der Waals surface area contributed by atoms with E-state index in [1.807, 2.05) is 35.2 Å². The summed E-state index contributed by atoms with van der Waals surface area (Å²) in [5.74, 6) is 1.20. The molecule has 0 bridgehead atoms. The van der Waals surface area contributed by atoms with Gasteiger partial charge in [-0.25, -0.2) is 0 Å². The highest BCUT2D eigenvalue weighted by Gasteiger charge is 2.25. The van der Waals surface area contributed by atoms with E-state index in [0.717, 1.165) is 29.0 Å². The van der Waals surface area contributed by atoms with E-state index in [4.69, 9.17) is 4.74 Å².